The van der Waals surface area contributed by atoms with Gasteiger partial charge in [0.25, 0.3) is 5.56 Å². The summed E-state index contributed by atoms with van der Waals surface area (Å²) in [5.74, 6) is -1.55. The summed E-state index contributed by atoms with van der Waals surface area (Å²) in [4.78, 5) is 23.0. The predicted octanol–water partition coefficient (Wildman–Crippen LogP) is 3.77. The molecular formula is C20H18Cl2F2N4O2. The largest absolute Gasteiger partial charge is 0.370 e. The van der Waals surface area contributed by atoms with Crippen LogP contribution in [0.1, 0.15) is 11.7 Å². The molecule has 0 bridgehead atoms. The van der Waals surface area contributed by atoms with Gasteiger partial charge in [-0.25, -0.2) is 13.8 Å². The topological polar surface area (TPSA) is 60.2 Å². The molecule has 158 valence electrons. The van der Waals surface area contributed by atoms with Crippen molar-refractivity contribution < 1.29 is 13.5 Å². The van der Waals surface area contributed by atoms with E-state index in [0.717, 1.165) is 17.7 Å². The van der Waals surface area contributed by atoms with E-state index in [1.54, 1.807) is 31.6 Å². The van der Waals surface area contributed by atoms with Crippen LogP contribution in [0.4, 0.5) is 14.7 Å². The second-order valence-corrected chi connectivity index (χ2v) is 7.08. The lowest BCUT2D eigenvalue weighted by atomic mass is 10.1. The fourth-order valence-electron chi connectivity index (χ4n) is 3.28. The Kier molecular flexibility index (Phi) is 6.70. The molecule has 0 N–H and O–H groups in total. The van der Waals surface area contributed by atoms with Gasteiger partial charge >= 0.3 is 0 Å². The van der Waals surface area contributed by atoms with Crippen LogP contribution in [0, 0.1) is 11.6 Å². The number of ether oxygens (including phenoxy) is 1. The molecule has 10 heteroatoms. The average Bonchev–Trinajstić information content (AvgIpc) is 2.73. The number of anilines is 1. The predicted molar refractivity (Wildman–Crippen MR) is 112 cm³/mol. The highest BCUT2D eigenvalue weighted by Crippen LogP contribution is 2.31. The van der Waals surface area contributed by atoms with Gasteiger partial charge in [0.1, 0.15) is 6.10 Å². The lowest BCUT2D eigenvalue weighted by Crippen LogP contribution is -2.41. The first-order chi connectivity index (χ1) is 13.9. The smallest absolute Gasteiger partial charge is 0.255 e. The van der Waals surface area contributed by atoms with Gasteiger partial charge in [-0.15, -0.1) is 12.4 Å². The quantitative estimate of drug-likeness (QED) is 0.563. The number of hydrogen-bond acceptors (Lipinski definition) is 5. The molecule has 30 heavy (non-hydrogen) atoms. The summed E-state index contributed by atoms with van der Waals surface area (Å²) in [6.07, 6.45) is 2.67. The van der Waals surface area contributed by atoms with E-state index >= 15 is 0 Å². The number of hydrogen-bond donors (Lipinski definition) is 0. The van der Waals surface area contributed by atoms with E-state index in [0.29, 0.717) is 30.4 Å². The monoisotopic (exact) mass is 454 g/mol. The van der Waals surface area contributed by atoms with Gasteiger partial charge in [0.15, 0.2) is 11.6 Å². The van der Waals surface area contributed by atoms with Gasteiger partial charge in [0, 0.05) is 48.2 Å². The zero-order chi connectivity index (χ0) is 20.5. The molecule has 1 aliphatic heterocycles. The van der Waals surface area contributed by atoms with Crippen molar-refractivity contribution in [3.63, 3.8) is 0 Å². The maximum absolute atomic E-state index is 13.7. The summed E-state index contributed by atoms with van der Waals surface area (Å²) < 4.78 is 34.3. The molecule has 0 radical (unpaired) electrons. The number of nitrogens with zero attached hydrogens (tertiary/aromatic N) is 4. The molecule has 4 rings (SSSR count). The number of pyridine rings is 1. The van der Waals surface area contributed by atoms with Crippen molar-refractivity contribution in [3.05, 3.63) is 75.3 Å². The number of benzene rings is 1. The molecule has 0 spiro atoms. The van der Waals surface area contributed by atoms with Gasteiger partial charge in [-0.2, -0.15) is 0 Å². The zero-order valence-corrected chi connectivity index (χ0v) is 17.5. The van der Waals surface area contributed by atoms with Crippen molar-refractivity contribution in [2.75, 3.05) is 24.6 Å². The van der Waals surface area contributed by atoms with Crippen LogP contribution in [0.2, 0.25) is 5.02 Å². The van der Waals surface area contributed by atoms with Crippen LogP contribution >= 0.6 is 24.0 Å². The Morgan fingerprint density at radius 2 is 1.87 bits per heavy atom. The van der Waals surface area contributed by atoms with Crippen molar-refractivity contribution >= 4 is 30.0 Å². The molecule has 0 saturated carbocycles. The fraction of sp³-hybridized carbons (Fsp3) is 0.250. The Morgan fingerprint density at radius 1 is 1.17 bits per heavy atom. The Balaban J connectivity index is 0.00000256. The molecule has 1 fully saturated rings. The van der Waals surface area contributed by atoms with Crippen LogP contribution < -0.4 is 10.5 Å². The highest BCUT2D eigenvalue weighted by atomic mass is 35.5. The molecule has 0 aliphatic carbocycles. The van der Waals surface area contributed by atoms with Crippen molar-refractivity contribution in [2.24, 2.45) is 7.05 Å². The molecule has 1 saturated heterocycles. The van der Waals surface area contributed by atoms with Crippen molar-refractivity contribution in [2.45, 2.75) is 6.10 Å². The van der Waals surface area contributed by atoms with Crippen LogP contribution in [0.5, 0.6) is 0 Å². The van der Waals surface area contributed by atoms with Gasteiger partial charge in [0.2, 0.25) is 5.95 Å². The maximum atomic E-state index is 13.7. The Hall–Kier alpha value is -2.55. The number of morpholine rings is 1. The van der Waals surface area contributed by atoms with Gasteiger partial charge in [-0.3, -0.25) is 14.3 Å². The van der Waals surface area contributed by atoms with E-state index in [9.17, 15) is 13.6 Å². The van der Waals surface area contributed by atoms with Crippen LogP contribution in [0.15, 0.2) is 47.5 Å². The standard InChI is InChI=1S/C20H17ClF2N4O2.ClH/c1-26-19(28)10-17(12-2-4-24-5-3-12)25-20(26)27-6-7-29-18(11-27)13-8-15(22)16(23)9-14(13)21;/h2-5,8-10,18H,6-7,11H2,1H3;1H/t18-;/m0./s1. The summed E-state index contributed by atoms with van der Waals surface area (Å²) in [5.41, 5.74) is 1.44. The van der Waals surface area contributed by atoms with E-state index in [1.165, 1.54) is 10.6 Å². The minimum atomic E-state index is -1.01. The lowest BCUT2D eigenvalue weighted by Gasteiger charge is -2.35. The van der Waals surface area contributed by atoms with Crippen LogP contribution in [-0.2, 0) is 11.8 Å². The van der Waals surface area contributed by atoms with E-state index in [2.05, 4.69) is 9.97 Å². The Labute approximate surface area is 182 Å². The summed E-state index contributed by atoms with van der Waals surface area (Å²) >= 11 is 6.11. The molecule has 0 unspecified atom stereocenters. The summed E-state index contributed by atoms with van der Waals surface area (Å²) in [7, 11) is 1.63. The minimum absolute atomic E-state index is 0. The highest BCUT2D eigenvalue weighted by molar-refractivity contribution is 6.31. The van der Waals surface area contributed by atoms with Gasteiger partial charge in [-0.1, -0.05) is 11.6 Å². The number of aromatic nitrogens is 3. The minimum Gasteiger partial charge on any atom is -0.370 e. The molecule has 1 aromatic carbocycles. The molecule has 0 amide bonds. The van der Waals surface area contributed by atoms with Crippen LogP contribution in [0.3, 0.4) is 0 Å². The molecule has 3 heterocycles. The fourth-order valence-corrected chi connectivity index (χ4v) is 3.56. The van der Waals surface area contributed by atoms with E-state index < -0.39 is 17.7 Å². The lowest BCUT2D eigenvalue weighted by molar-refractivity contribution is 0.0388. The first kappa shape index (κ1) is 22.1. The summed E-state index contributed by atoms with van der Waals surface area (Å²) in [6.45, 7) is 1.08. The van der Waals surface area contributed by atoms with Crippen LogP contribution in [-0.4, -0.2) is 34.2 Å². The summed E-state index contributed by atoms with van der Waals surface area (Å²) in [5, 5.41) is 0.0862. The average molecular weight is 455 g/mol. The first-order valence-corrected chi connectivity index (χ1v) is 9.31. The van der Waals surface area contributed by atoms with Crippen molar-refractivity contribution in [1.29, 1.82) is 0 Å². The third-order valence-electron chi connectivity index (χ3n) is 4.82. The molecule has 3 aromatic rings. The van der Waals surface area contributed by atoms with Gasteiger partial charge in [-0.05, 0) is 24.3 Å². The van der Waals surface area contributed by atoms with Gasteiger partial charge in [0.05, 0.1) is 18.8 Å². The van der Waals surface area contributed by atoms with Crippen LogP contribution in [0.25, 0.3) is 11.3 Å². The molecule has 1 aliphatic rings. The molecule has 2 aromatic heterocycles. The molecular weight excluding hydrogens is 437 g/mol. The SMILES string of the molecule is Cl.Cn1c(N2CCO[C@H](c3cc(F)c(F)cc3Cl)C2)nc(-c2ccncc2)cc1=O. The summed E-state index contributed by atoms with van der Waals surface area (Å²) in [6, 6.07) is 6.99. The highest BCUT2D eigenvalue weighted by Gasteiger charge is 2.27. The molecule has 1 atom stereocenters. The Bertz CT molecular complexity index is 1110. The first-order valence-electron chi connectivity index (χ1n) is 8.93. The Morgan fingerprint density at radius 3 is 2.60 bits per heavy atom. The number of rotatable bonds is 3. The third-order valence-corrected chi connectivity index (χ3v) is 5.15. The normalized spacial score (nSPS) is 16.3. The second-order valence-electron chi connectivity index (χ2n) is 6.67. The second kappa shape index (κ2) is 9.07. The zero-order valence-electron chi connectivity index (χ0n) is 15.9. The maximum Gasteiger partial charge on any atom is 0.255 e. The third kappa shape index (κ3) is 4.30. The van der Waals surface area contributed by atoms with E-state index in [1.807, 2.05) is 4.90 Å². The van der Waals surface area contributed by atoms with E-state index in [4.69, 9.17) is 16.3 Å². The van der Waals surface area contributed by atoms with Crippen molar-refractivity contribution in [1.82, 2.24) is 14.5 Å². The van der Waals surface area contributed by atoms with E-state index in [-0.39, 0.29) is 29.5 Å². The number of halogens is 4. The molecule has 6 nitrogen and oxygen atoms in total. The van der Waals surface area contributed by atoms with Gasteiger partial charge < -0.3 is 9.64 Å². The van der Waals surface area contributed by atoms with Crippen molar-refractivity contribution in [3.8, 4) is 11.3 Å².